The maximum Gasteiger partial charge on any atom is 0.136 e. The van der Waals surface area contributed by atoms with E-state index < -0.39 is 24.2 Å². The summed E-state index contributed by atoms with van der Waals surface area (Å²) in [4.78, 5) is 0. The quantitative estimate of drug-likeness (QED) is 0.201. The first-order valence-corrected chi connectivity index (χ1v) is 11.8. The van der Waals surface area contributed by atoms with Gasteiger partial charge >= 0.3 is 0 Å². The molecule has 35 heavy (non-hydrogen) atoms. The van der Waals surface area contributed by atoms with Crippen molar-refractivity contribution in [3.8, 4) is 11.1 Å². The smallest absolute Gasteiger partial charge is 0.136 e. The minimum absolute atomic E-state index is 0.138. The van der Waals surface area contributed by atoms with Crippen molar-refractivity contribution in [1.29, 1.82) is 0 Å². The largest absolute Gasteiger partial charge is 0.456 e. The van der Waals surface area contributed by atoms with Crippen LogP contribution in [0, 0.1) is 0 Å². The normalized spacial score (nSPS) is 15.3. The summed E-state index contributed by atoms with van der Waals surface area (Å²) in [6.07, 6.45) is 0. The highest BCUT2D eigenvalue weighted by molar-refractivity contribution is 9.10. The van der Waals surface area contributed by atoms with Crippen LogP contribution in [0.5, 0.6) is 0 Å². The summed E-state index contributed by atoms with van der Waals surface area (Å²) in [6, 6.07) is 13.8. The Hall–Kier alpha value is -4.08. The summed E-state index contributed by atoms with van der Waals surface area (Å²) in [5, 5.41) is 3.92. The van der Waals surface area contributed by atoms with Crippen LogP contribution >= 0.6 is 15.9 Å². The Morgan fingerprint density at radius 2 is 1.09 bits per heavy atom. The lowest BCUT2D eigenvalue weighted by Gasteiger charge is -2.14. The molecule has 0 radical (unpaired) electrons. The number of fused-ring (bicyclic) bond motifs is 9. The topological polar surface area (TPSA) is 26.3 Å². The molecule has 0 aliphatic carbocycles. The van der Waals surface area contributed by atoms with Crippen molar-refractivity contribution in [2.75, 3.05) is 0 Å². The molecule has 2 nitrogen and oxygen atoms in total. The predicted octanol–water partition coefficient (Wildman–Crippen LogP) is 10.2. The van der Waals surface area contributed by atoms with E-state index in [4.69, 9.17) is 19.8 Å². The maximum absolute atomic E-state index is 8.91. The molecule has 0 atom stereocenters. The Balaban J connectivity index is 1.62. The fraction of sp³-hybridized carbons (Fsp3) is 0. The van der Waals surface area contributed by atoms with E-state index in [2.05, 4.69) is 15.9 Å². The van der Waals surface area contributed by atoms with Gasteiger partial charge in [0.25, 0.3) is 0 Å². The molecule has 0 spiro atoms. The van der Waals surface area contributed by atoms with E-state index >= 15 is 0 Å². The maximum atomic E-state index is 8.91. The van der Waals surface area contributed by atoms with Gasteiger partial charge in [0.15, 0.2) is 0 Å². The molecule has 0 amide bonds. The van der Waals surface area contributed by atoms with Gasteiger partial charge in [0, 0.05) is 26.0 Å². The van der Waals surface area contributed by atoms with Gasteiger partial charge < -0.3 is 8.83 Å². The number of para-hydroxylation sites is 1. The van der Waals surface area contributed by atoms with Crippen LogP contribution in [0.1, 0.15) is 11.0 Å². The average Bonchev–Trinajstić information content (AvgIpc) is 3.57. The van der Waals surface area contributed by atoms with Gasteiger partial charge in [0.1, 0.15) is 22.3 Å². The fourth-order valence-electron chi connectivity index (χ4n) is 5.11. The third-order valence-corrected chi connectivity index (χ3v) is 7.37. The molecular weight excluding hydrogens is 496 g/mol. The third-order valence-electron chi connectivity index (χ3n) is 6.58. The van der Waals surface area contributed by atoms with Gasteiger partial charge in [-0.3, -0.25) is 0 Å². The standard InChI is InChI=1S/C32H17BrO2/c33-32-21-9-3-1-7-19(21)29(20-8-2-4-10-22(20)32)18-13-14-26-24(17-18)31-28(35-26)16-15-27-30(31)23-11-5-6-12-25(23)34-27/h1-17H/i1D,2D,3D,4D,7D,8D,9D,10D. The summed E-state index contributed by atoms with van der Waals surface area (Å²) in [5.74, 6) is 0. The average molecular weight is 521 g/mol. The molecule has 2 heterocycles. The van der Waals surface area contributed by atoms with Gasteiger partial charge in [-0.15, -0.1) is 0 Å². The van der Waals surface area contributed by atoms with E-state index in [1.165, 1.54) is 0 Å². The lowest BCUT2D eigenvalue weighted by Crippen LogP contribution is -1.87. The van der Waals surface area contributed by atoms with E-state index in [-0.39, 0.29) is 55.8 Å². The molecule has 0 aliphatic rings. The van der Waals surface area contributed by atoms with Crippen LogP contribution in [0.4, 0.5) is 0 Å². The monoisotopic (exact) mass is 520 g/mol. The lowest BCUT2D eigenvalue weighted by atomic mass is 9.91. The minimum Gasteiger partial charge on any atom is -0.456 e. The van der Waals surface area contributed by atoms with Gasteiger partial charge in [0.2, 0.25) is 0 Å². The number of hydrogen-bond donors (Lipinski definition) is 0. The van der Waals surface area contributed by atoms with Gasteiger partial charge in [0.05, 0.1) is 11.0 Å². The summed E-state index contributed by atoms with van der Waals surface area (Å²) in [7, 11) is 0. The second-order valence-corrected chi connectivity index (χ2v) is 9.21. The molecule has 6 aromatic carbocycles. The van der Waals surface area contributed by atoms with E-state index in [0.29, 0.717) is 22.3 Å². The first-order valence-electron chi connectivity index (χ1n) is 15.0. The molecule has 3 heteroatoms. The van der Waals surface area contributed by atoms with Crippen LogP contribution in [0.15, 0.2) is 116 Å². The first-order chi connectivity index (χ1) is 20.6. The Morgan fingerprint density at radius 3 is 1.77 bits per heavy atom. The zero-order valence-electron chi connectivity index (χ0n) is 25.9. The molecular formula is C32H17BrO2. The van der Waals surface area contributed by atoms with E-state index in [0.717, 1.165) is 27.1 Å². The van der Waals surface area contributed by atoms with Crippen molar-refractivity contribution < 1.29 is 19.8 Å². The SMILES string of the molecule is [2H]c1c([2H])c([2H])c2c(-c3ccc4oc5ccc6oc7ccccc7c6c5c4c3)c3c([2H])c([2H])c([2H])c([2H])c3c(Br)c2c1[2H]. The van der Waals surface area contributed by atoms with Gasteiger partial charge in [-0.25, -0.2) is 0 Å². The van der Waals surface area contributed by atoms with Crippen molar-refractivity contribution >= 4 is 81.4 Å². The molecule has 2 aromatic heterocycles. The van der Waals surface area contributed by atoms with Gasteiger partial charge in [-0.05, 0) is 78.9 Å². The highest BCUT2D eigenvalue weighted by atomic mass is 79.9. The second kappa shape index (κ2) is 6.97. The van der Waals surface area contributed by atoms with Crippen molar-refractivity contribution in [3.63, 3.8) is 0 Å². The molecule has 0 unspecified atom stereocenters. The Kier molecular flexibility index (Phi) is 2.61. The van der Waals surface area contributed by atoms with E-state index in [1.54, 1.807) is 12.1 Å². The number of furan rings is 2. The Bertz CT molecular complexity index is 2490. The van der Waals surface area contributed by atoms with Crippen molar-refractivity contribution in [3.05, 3.63) is 107 Å². The van der Waals surface area contributed by atoms with Crippen molar-refractivity contribution in [2.24, 2.45) is 0 Å². The molecule has 0 fully saturated rings. The van der Waals surface area contributed by atoms with Crippen LogP contribution in [0.25, 0.3) is 76.5 Å². The summed E-state index contributed by atoms with van der Waals surface area (Å²) in [6.45, 7) is 0. The zero-order chi connectivity index (χ0) is 30.1. The molecule has 0 saturated carbocycles. The molecule has 8 aromatic rings. The Labute approximate surface area is 219 Å². The van der Waals surface area contributed by atoms with Crippen LogP contribution < -0.4 is 0 Å². The zero-order valence-corrected chi connectivity index (χ0v) is 19.5. The number of rotatable bonds is 1. The molecule has 0 saturated heterocycles. The lowest BCUT2D eigenvalue weighted by molar-refractivity contribution is 0.663. The highest BCUT2D eigenvalue weighted by Crippen LogP contribution is 2.44. The number of hydrogen-bond acceptors (Lipinski definition) is 2. The molecule has 164 valence electrons. The Morgan fingerprint density at radius 1 is 0.543 bits per heavy atom. The van der Waals surface area contributed by atoms with Crippen LogP contribution in [0.2, 0.25) is 0 Å². The first kappa shape index (κ1) is 13.1. The van der Waals surface area contributed by atoms with Gasteiger partial charge in [-0.1, -0.05) is 72.6 Å². The van der Waals surface area contributed by atoms with Gasteiger partial charge in [-0.2, -0.15) is 0 Å². The van der Waals surface area contributed by atoms with Crippen molar-refractivity contribution in [2.45, 2.75) is 0 Å². The van der Waals surface area contributed by atoms with Crippen molar-refractivity contribution in [1.82, 2.24) is 0 Å². The summed E-state index contributed by atoms with van der Waals surface area (Å²) >= 11 is 3.47. The summed E-state index contributed by atoms with van der Waals surface area (Å²) < 4.78 is 81.4. The van der Waals surface area contributed by atoms with Crippen LogP contribution in [0.3, 0.4) is 0 Å². The molecule has 0 bridgehead atoms. The van der Waals surface area contributed by atoms with E-state index in [1.807, 2.05) is 42.5 Å². The second-order valence-electron chi connectivity index (χ2n) is 8.41. The molecule has 0 N–H and O–H groups in total. The number of halogens is 1. The third kappa shape index (κ3) is 2.59. The van der Waals surface area contributed by atoms with E-state index in [9.17, 15) is 0 Å². The minimum atomic E-state index is -0.438. The fourth-order valence-corrected chi connectivity index (χ4v) is 5.70. The van der Waals surface area contributed by atoms with Crippen LogP contribution in [-0.2, 0) is 0 Å². The number of benzene rings is 6. The molecule has 8 rings (SSSR count). The predicted molar refractivity (Wildman–Crippen MR) is 149 cm³/mol. The highest BCUT2D eigenvalue weighted by Gasteiger charge is 2.18. The molecule has 0 aliphatic heterocycles. The van der Waals surface area contributed by atoms with Crippen LogP contribution in [-0.4, -0.2) is 0 Å². The summed E-state index contributed by atoms with van der Waals surface area (Å²) in [5.41, 5.74) is 3.44.